The maximum atomic E-state index is 12.7. The van der Waals surface area contributed by atoms with E-state index < -0.39 is 17.9 Å². The molecular formula is C20H26N2O4. The summed E-state index contributed by atoms with van der Waals surface area (Å²) in [6, 6.07) is 3.86. The molecule has 0 saturated carbocycles. The molecule has 0 saturated heterocycles. The van der Waals surface area contributed by atoms with Crippen LogP contribution in [0.1, 0.15) is 39.7 Å². The molecule has 1 aliphatic heterocycles. The number of pyridine rings is 1. The van der Waals surface area contributed by atoms with Crippen LogP contribution in [0.2, 0.25) is 0 Å². The third-order valence-corrected chi connectivity index (χ3v) is 4.51. The van der Waals surface area contributed by atoms with Gasteiger partial charge in [0.25, 0.3) is 0 Å². The van der Waals surface area contributed by atoms with Crippen molar-refractivity contribution in [1.29, 1.82) is 0 Å². The molecule has 1 aromatic heterocycles. The van der Waals surface area contributed by atoms with E-state index in [9.17, 15) is 14.7 Å². The van der Waals surface area contributed by atoms with Gasteiger partial charge in [-0.15, -0.1) is 0 Å². The predicted molar refractivity (Wildman–Crippen MR) is 98.0 cm³/mol. The van der Waals surface area contributed by atoms with Crippen molar-refractivity contribution >= 4 is 11.9 Å². The van der Waals surface area contributed by atoms with Gasteiger partial charge in [-0.25, -0.2) is 9.59 Å². The quantitative estimate of drug-likeness (QED) is 0.575. The fraction of sp³-hybridized carbons (Fsp3) is 0.450. The lowest BCUT2D eigenvalue weighted by molar-refractivity contribution is -0.140. The predicted octanol–water partition coefficient (Wildman–Crippen LogP) is 3.07. The van der Waals surface area contributed by atoms with Crippen LogP contribution >= 0.6 is 0 Å². The first-order chi connectivity index (χ1) is 12.3. The van der Waals surface area contributed by atoms with Crippen molar-refractivity contribution in [1.82, 2.24) is 10.3 Å². The van der Waals surface area contributed by atoms with Crippen LogP contribution in [-0.4, -0.2) is 28.6 Å². The third kappa shape index (κ3) is 4.50. The Morgan fingerprint density at radius 3 is 2.38 bits per heavy atom. The van der Waals surface area contributed by atoms with Crippen molar-refractivity contribution in [2.75, 3.05) is 6.61 Å². The average Bonchev–Trinajstić information content (AvgIpc) is 2.58. The molecule has 1 atom stereocenters. The molecule has 0 bridgehead atoms. The summed E-state index contributed by atoms with van der Waals surface area (Å²) in [5.41, 5.74) is 3.01. The molecule has 140 valence electrons. The van der Waals surface area contributed by atoms with Crippen molar-refractivity contribution in [3.63, 3.8) is 0 Å². The number of dihydropyridines is 1. The number of nitrogens with zero attached hydrogens (tertiary/aromatic N) is 1. The van der Waals surface area contributed by atoms with Gasteiger partial charge in [0.15, 0.2) is 0 Å². The third-order valence-electron chi connectivity index (χ3n) is 4.51. The zero-order chi connectivity index (χ0) is 19.3. The number of carboxylic acids is 1. The maximum absolute atomic E-state index is 12.7. The highest BCUT2D eigenvalue weighted by atomic mass is 16.5. The molecule has 26 heavy (non-hydrogen) atoms. The molecule has 0 radical (unpaired) electrons. The zero-order valence-electron chi connectivity index (χ0n) is 15.7. The minimum atomic E-state index is -1.01. The summed E-state index contributed by atoms with van der Waals surface area (Å²) >= 11 is 0. The Balaban J connectivity index is 2.06. The fourth-order valence-electron chi connectivity index (χ4n) is 3.34. The van der Waals surface area contributed by atoms with E-state index >= 15 is 0 Å². The molecule has 0 amide bonds. The minimum Gasteiger partial charge on any atom is -0.478 e. The number of rotatable bonds is 7. The van der Waals surface area contributed by atoms with E-state index in [4.69, 9.17) is 4.74 Å². The fourth-order valence-corrected chi connectivity index (χ4v) is 3.34. The number of aryl methyl sites for hydroxylation is 1. The molecule has 1 aliphatic rings. The number of aliphatic carboxylic acids is 1. The largest absolute Gasteiger partial charge is 0.478 e. The number of carbonyl (C=O) groups excluding carboxylic acids is 1. The highest BCUT2D eigenvalue weighted by Crippen LogP contribution is 2.35. The number of nitrogens with one attached hydrogen (secondary N) is 1. The number of carbonyl (C=O) groups is 2. The maximum Gasteiger partial charge on any atom is 0.336 e. The Hall–Kier alpha value is -2.63. The highest BCUT2D eigenvalue weighted by Gasteiger charge is 2.37. The van der Waals surface area contributed by atoms with Gasteiger partial charge in [-0.2, -0.15) is 0 Å². The van der Waals surface area contributed by atoms with Crippen LogP contribution in [0.3, 0.4) is 0 Å². The SMILES string of the molecule is CC1=C(C(=O)O)C(C(C)C)C(C(=O)OCCCc2ccncc2)=C(C)N1. The van der Waals surface area contributed by atoms with Gasteiger partial charge in [0.1, 0.15) is 0 Å². The first-order valence-electron chi connectivity index (χ1n) is 8.80. The smallest absolute Gasteiger partial charge is 0.336 e. The van der Waals surface area contributed by atoms with Crippen molar-refractivity contribution < 1.29 is 19.4 Å². The van der Waals surface area contributed by atoms with Gasteiger partial charge in [0, 0.05) is 29.7 Å². The summed E-state index contributed by atoms with van der Waals surface area (Å²) in [7, 11) is 0. The topological polar surface area (TPSA) is 88.5 Å². The second-order valence-electron chi connectivity index (χ2n) is 6.82. The van der Waals surface area contributed by atoms with Crippen molar-refractivity contribution in [3.8, 4) is 0 Å². The van der Waals surface area contributed by atoms with E-state index in [-0.39, 0.29) is 18.1 Å². The van der Waals surface area contributed by atoms with Gasteiger partial charge in [-0.1, -0.05) is 13.8 Å². The Morgan fingerprint density at radius 2 is 1.81 bits per heavy atom. The molecule has 1 unspecified atom stereocenters. The van der Waals surface area contributed by atoms with Gasteiger partial charge in [-0.05, 0) is 50.3 Å². The summed E-state index contributed by atoms with van der Waals surface area (Å²) in [4.78, 5) is 28.3. The second-order valence-corrected chi connectivity index (χ2v) is 6.82. The Morgan fingerprint density at radius 1 is 1.19 bits per heavy atom. The summed E-state index contributed by atoms with van der Waals surface area (Å²) in [6.45, 7) is 7.62. The lowest BCUT2D eigenvalue weighted by atomic mass is 9.78. The molecule has 0 spiro atoms. The van der Waals surface area contributed by atoms with Crippen molar-refractivity contribution in [2.45, 2.75) is 40.5 Å². The monoisotopic (exact) mass is 358 g/mol. The van der Waals surface area contributed by atoms with E-state index in [1.165, 1.54) is 0 Å². The minimum absolute atomic E-state index is 0.0348. The zero-order valence-corrected chi connectivity index (χ0v) is 15.7. The van der Waals surface area contributed by atoms with Gasteiger partial charge >= 0.3 is 11.9 Å². The van der Waals surface area contributed by atoms with E-state index in [1.807, 2.05) is 26.0 Å². The van der Waals surface area contributed by atoms with Gasteiger partial charge in [-0.3, -0.25) is 4.98 Å². The summed E-state index contributed by atoms with van der Waals surface area (Å²) in [5, 5.41) is 12.6. The van der Waals surface area contributed by atoms with Gasteiger partial charge in [0.2, 0.25) is 0 Å². The molecule has 2 heterocycles. The molecule has 6 heteroatoms. The van der Waals surface area contributed by atoms with Crippen molar-refractivity contribution in [2.24, 2.45) is 11.8 Å². The summed E-state index contributed by atoms with van der Waals surface area (Å²) < 4.78 is 5.45. The highest BCUT2D eigenvalue weighted by molar-refractivity contribution is 5.97. The Kier molecular flexibility index (Phi) is 6.55. The first kappa shape index (κ1) is 19.7. The Labute approximate surface area is 154 Å². The Bertz CT molecular complexity index is 735. The normalized spacial score (nSPS) is 17.3. The van der Waals surface area contributed by atoms with Crippen LogP contribution in [0.25, 0.3) is 0 Å². The number of hydrogen-bond acceptors (Lipinski definition) is 5. The van der Waals surface area contributed by atoms with Gasteiger partial charge in [0.05, 0.1) is 17.8 Å². The van der Waals surface area contributed by atoms with E-state index in [0.717, 1.165) is 12.0 Å². The van der Waals surface area contributed by atoms with E-state index in [2.05, 4.69) is 10.3 Å². The van der Waals surface area contributed by atoms with Crippen LogP contribution < -0.4 is 5.32 Å². The molecule has 2 N–H and O–H groups in total. The van der Waals surface area contributed by atoms with Crippen LogP contribution in [0, 0.1) is 11.8 Å². The van der Waals surface area contributed by atoms with Gasteiger partial charge < -0.3 is 15.2 Å². The standard InChI is InChI=1S/C20H26N2O4/c1-12(2)16-17(19(23)24)13(3)22-14(4)18(16)20(25)26-11-5-6-15-7-9-21-10-8-15/h7-10,12,16,22H,5-6,11H2,1-4H3,(H,23,24). The molecule has 6 nitrogen and oxygen atoms in total. The lowest BCUT2D eigenvalue weighted by Gasteiger charge is -2.31. The first-order valence-corrected chi connectivity index (χ1v) is 8.80. The number of aromatic nitrogens is 1. The van der Waals surface area contributed by atoms with E-state index in [1.54, 1.807) is 26.2 Å². The molecule has 0 aliphatic carbocycles. The van der Waals surface area contributed by atoms with Crippen LogP contribution in [-0.2, 0) is 20.7 Å². The second kappa shape index (κ2) is 8.65. The van der Waals surface area contributed by atoms with E-state index in [0.29, 0.717) is 23.4 Å². The summed E-state index contributed by atoms with van der Waals surface area (Å²) in [5.74, 6) is -1.98. The molecular weight excluding hydrogens is 332 g/mol. The van der Waals surface area contributed by atoms with Crippen LogP contribution in [0.15, 0.2) is 47.1 Å². The number of hydrogen-bond donors (Lipinski definition) is 2. The van der Waals surface area contributed by atoms with Crippen molar-refractivity contribution in [3.05, 3.63) is 52.6 Å². The lowest BCUT2D eigenvalue weighted by Crippen LogP contribution is -2.35. The number of carboxylic acid groups (broad SMARTS) is 1. The van der Waals surface area contributed by atoms with Crippen LogP contribution in [0.5, 0.6) is 0 Å². The molecule has 2 rings (SSSR count). The molecule has 0 aromatic carbocycles. The number of allylic oxidation sites excluding steroid dienone is 2. The van der Waals surface area contributed by atoms with Crippen LogP contribution in [0.4, 0.5) is 0 Å². The molecule has 0 fully saturated rings. The number of esters is 1. The molecule has 1 aromatic rings. The summed E-state index contributed by atoms with van der Waals surface area (Å²) in [6.07, 6.45) is 4.96. The average molecular weight is 358 g/mol. The number of ether oxygens (including phenoxy) is 1.